The molecule has 1 aromatic rings. The molecule has 1 heterocycles. The molecule has 1 atom stereocenters. The lowest BCUT2D eigenvalue weighted by Crippen LogP contribution is -2.35. The van der Waals surface area contributed by atoms with Gasteiger partial charge < -0.3 is 10.6 Å². The molecule has 0 radical (unpaired) electrons. The van der Waals surface area contributed by atoms with Crippen molar-refractivity contribution in [3.8, 4) is 0 Å². The molecule has 15 heavy (non-hydrogen) atoms. The maximum absolute atomic E-state index is 11.9. The summed E-state index contributed by atoms with van der Waals surface area (Å²) in [5, 5.41) is 4.08. The molecule has 0 aliphatic rings. The van der Waals surface area contributed by atoms with Crippen LogP contribution in [-0.2, 0) is 11.3 Å². The Morgan fingerprint density at radius 1 is 1.67 bits per heavy atom. The Labute approximate surface area is 94.9 Å². The first kappa shape index (κ1) is 12.2. The number of nitrogens with zero attached hydrogens (tertiary/aromatic N) is 1. The Morgan fingerprint density at radius 2 is 2.40 bits per heavy atom. The topological polar surface area (TPSA) is 46.3 Å². The van der Waals surface area contributed by atoms with Crippen LogP contribution in [0.1, 0.15) is 18.9 Å². The van der Waals surface area contributed by atoms with Crippen molar-refractivity contribution in [2.24, 2.45) is 11.7 Å². The van der Waals surface area contributed by atoms with Gasteiger partial charge in [0.05, 0.1) is 5.92 Å². The number of hydrogen-bond acceptors (Lipinski definition) is 3. The van der Waals surface area contributed by atoms with E-state index in [-0.39, 0.29) is 11.8 Å². The minimum Gasteiger partial charge on any atom is -0.341 e. The molecule has 84 valence electrons. The van der Waals surface area contributed by atoms with E-state index in [0.717, 1.165) is 6.42 Å². The third-order valence-electron chi connectivity index (χ3n) is 2.50. The van der Waals surface area contributed by atoms with Gasteiger partial charge in [0, 0.05) is 20.1 Å². The standard InChI is InChI=1S/C11H18N2OS/c1-3-10(6-12)11(14)13(2)7-9-4-5-15-8-9/h4-5,8,10H,3,6-7,12H2,1-2H3. The molecule has 4 heteroatoms. The zero-order chi connectivity index (χ0) is 11.3. The lowest BCUT2D eigenvalue weighted by atomic mass is 10.1. The van der Waals surface area contributed by atoms with Gasteiger partial charge in [-0.3, -0.25) is 4.79 Å². The second kappa shape index (κ2) is 5.88. The van der Waals surface area contributed by atoms with Gasteiger partial charge in [-0.05, 0) is 28.8 Å². The van der Waals surface area contributed by atoms with Crippen molar-refractivity contribution in [3.05, 3.63) is 22.4 Å². The van der Waals surface area contributed by atoms with Gasteiger partial charge in [0.1, 0.15) is 0 Å². The van der Waals surface area contributed by atoms with Crippen molar-refractivity contribution in [2.75, 3.05) is 13.6 Å². The van der Waals surface area contributed by atoms with E-state index in [2.05, 4.69) is 5.38 Å². The summed E-state index contributed by atoms with van der Waals surface area (Å²) in [5.74, 6) is 0.111. The van der Waals surface area contributed by atoms with Gasteiger partial charge in [-0.2, -0.15) is 11.3 Å². The first-order valence-electron chi connectivity index (χ1n) is 5.15. The summed E-state index contributed by atoms with van der Waals surface area (Å²) in [6.45, 7) is 3.11. The fourth-order valence-corrected chi connectivity index (χ4v) is 2.15. The highest BCUT2D eigenvalue weighted by Crippen LogP contribution is 2.11. The largest absolute Gasteiger partial charge is 0.341 e. The van der Waals surface area contributed by atoms with E-state index in [0.29, 0.717) is 13.1 Å². The van der Waals surface area contributed by atoms with Crippen LogP contribution >= 0.6 is 11.3 Å². The van der Waals surface area contributed by atoms with Gasteiger partial charge in [-0.15, -0.1) is 0 Å². The molecule has 0 saturated heterocycles. The summed E-state index contributed by atoms with van der Waals surface area (Å²) in [7, 11) is 1.83. The molecule has 1 amide bonds. The summed E-state index contributed by atoms with van der Waals surface area (Å²) in [4.78, 5) is 13.6. The molecular formula is C11H18N2OS. The van der Waals surface area contributed by atoms with Crippen LogP contribution in [0.2, 0.25) is 0 Å². The van der Waals surface area contributed by atoms with Crippen molar-refractivity contribution >= 4 is 17.2 Å². The second-order valence-corrected chi connectivity index (χ2v) is 4.45. The number of amides is 1. The van der Waals surface area contributed by atoms with Crippen LogP contribution in [0, 0.1) is 5.92 Å². The van der Waals surface area contributed by atoms with Gasteiger partial charge in [0.15, 0.2) is 0 Å². The minimum atomic E-state index is -0.0337. The molecule has 3 nitrogen and oxygen atoms in total. The number of carbonyl (C=O) groups is 1. The summed E-state index contributed by atoms with van der Waals surface area (Å²) >= 11 is 1.65. The molecular weight excluding hydrogens is 208 g/mol. The number of rotatable bonds is 5. The number of nitrogens with two attached hydrogens (primary N) is 1. The maximum Gasteiger partial charge on any atom is 0.226 e. The Morgan fingerprint density at radius 3 is 2.87 bits per heavy atom. The number of carbonyl (C=O) groups excluding carboxylic acids is 1. The molecule has 0 aromatic carbocycles. The van der Waals surface area contributed by atoms with Gasteiger partial charge in [-0.25, -0.2) is 0 Å². The molecule has 0 aliphatic carbocycles. The van der Waals surface area contributed by atoms with E-state index in [1.807, 2.05) is 25.4 Å². The predicted molar refractivity (Wildman–Crippen MR) is 63.6 cm³/mol. The lowest BCUT2D eigenvalue weighted by Gasteiger charge is -2.21. The average Bonchev–Trinajstić information content (AvgIpc) is 2.72. The van der Waals surface area contributed by atoms with Gasteiger partial charge in [-0.1, -0.05) is 6.92 Å². The van der Waals surface area contributed by atoms with Crippen LogP contribution in [0.15, 0.2) is 16.8 Å². The fraction of sp³-hybridized carbons (Fsp3) is 0.545. The molecule has 0 spiro atoms. The number of thiophene rings is 1. The van der Waals surface area contributed by atoms with Gasteiger partial charge in [0.2, 0.25) is 5.91 Å². The van der Waals surface area contributed by atoms with Crippen LogP contribution in [-0.4, -0.2) is 24.4 Å². The normalized spacial score (nSPS) is 12.5. The third kappa shape index (κ3) is 3.32. The molecule has 0 saturated carbocycles. The van der Waals surface area contributed by atoms with E-state index in [1.165, 1.54) is 5.56 Å². The Bertz CT molecular complexity index is 294. The molecule has 1 rings (SSSR count). The molecule has 1 aromatic heterocycles. The summed E-state index contributed by atoms with van der Waals surface area (Å²) in [6, 6.07) is 2.04. The Kier molecular flexibility index (Phi) is 4.78. The van der Waals surface area contributed by atoms with E-state index in [9.17, 15) is 4.79 Å². The second-order valence-electron chi connectivity index (χ2n) is 3.67. The van der Waals surface area contributed by atoms with Gasteiger partial charge in [0.25, 0.3) is 0 Å². The zero-order valence-electron chi connectivity index (χ0n) is 9.27. The number of hydrogen-bond donors (Lipinski definition) is 1. The molecule has 0 fully saturated rings. The summed E-state index contributed by atoms with van der Waals surface area (Å²) in [6.07, 6.45) is 0.809. The van der Waals surface area contributed by atoms with E-state index in [1.54, 1.807) is 16.2 Å². The maximum atomic E-state index is 11.9. The van der Waals surface area contributed by atoms with Crippen LogP contribution < -0.4 is 5.73 Å². The van der Waals surface area contributed by atoms with E-state index in [4.69, 9.17) is 5.73 Å². The highest BCUT2D eigenvalue weighted by molar-refractivity contribution is 7.07. The van der Waals surface area contributed by atoms with Crippen molar-refractivity contribution < 1.29 is 4.79 Å². The highest BCUT2D eigenvalue weighted by atomic mass is 32.1. The van der Waals surface area contributed by atoms with Crippen molar-refractivity contribution in [1.82, 2.24) is 4.90 Å². The van der Waals surface area contributed by atoms with Crippen LogP contribution in [0.5, 0.6) is 0 Å². The zero-order valence-corrected chi connectivity index (χ0v) is 10.1. The van der Waals surface area contributed by atoms with E-state index < -0.39 is 0 Å². The highest BCUT2D eigenvalue weighted by Gasteiger charge is 2.18. The van der Waals surface area contributed by atoms with Gasteiger partial charge >= 0.3 is 0 Å². The smallest absolute Gasteiger partial charge is 0.226 e. The Balaban J connectivity index is 2.53. The van der Waals surface area contributed by atoms with Crippen LogP contribution in [0.4, 0.5) is 0 Å². The average molecular weight is 226 g/mol. The predicted octanol–water partition coefficient (Wildman–Crippen LogP) is 1.69. The molecule has 1 unspecified atom stereocenters. The summed E-state index contributed by atoms with van der Waals surface area (Å²) in [5.41, 5.74) is 6.73. The first-order valence-corrected chi connectivity index (χ1v) is 6.09. The lowest BCUT2D eigenvalue weighted by molar-refractivity contribution is -0.134. The Hall–Kier alpha value is -0.870. The monoisotopic (exact) mass is 226 g/mol. The first-order chi connectivity index (χ1) is 7.19. The minimum absolute atomic E-state index is 0.0337. The van der Waals surface area contributed by atoms with Crippen LogP contribution in [0.25, 0.3) is 0 Å². The molecule has 2 N–H and O–H groups in total. The molecule has 0 bridgehead atoms. The third-order valence-corrected chi connectivity index (χ3v) is 3.23. The molecule has 0 aliphatic heterocycles. The van der Waals surface area contributed by atoms with Crippen molar-refractivity contribution in [2.45, 2.75) is 19.9 Å². The van der Waals surface area contributed by atoms with Crippen molar-refractivity contribution in [3.63, 3.8) is 0 Å². The fourth-order valence-electron chi connectivity index (χ4n) is 1.49. The summed E-state index contributed by atoms with van der Waals surface area (Å²) < 4.78 is 0. The SMILES string of the molecule is CCC(CN)C(=O)N(C)Cc1ccsc1. The van der Waals surface area contributed by atoms with Crippen molar-refractivity contribution in [1.29, 1.82) is 0 Å². The van der Waals surface area contributed by atoms with Crippen LogP contribution in [0.3, 0.4) is 0 Å². The van der Waals surface area contributed by atoms with E-state index >= 15 is 0 Å². The quantitative estimate of drug-likeness (QED) is 0.830.